The van der Waals surface area contributed by atoms with Gasteiger partial charge in [-0.05, 0) is 29.7 Å². The van der Waals surface area contributed by atoms with Crippen molar-refractivity contribution >= 4 is 35.1 Å². The first-order valence-electron chi connectivity index (χ1n) is 7.26. The lowest BCUT2D eigenvalue weighted by Crippen LogP contribution is -2.22. The second-order valence-corrected chi connectivity index (χ2v) is 6.42. The van der Waals surface area contributed by atoms with Gasteiger partial charge in [-0.2, -0.15) is 0 Å². The minimum Gasteiger partial charge on any atom is -0.341 e. The van der Waals surface area contributed by atoms with Crippen LogP contribution in [0.3, 0.4) is 0 Å². The predicted octanol–water partition coefficient (Wildman–Crippen LogP) is 4.03. The van der Waals surface area contributed by atoms with E-state index in [0.717, 1.165) is 10.6 Å². The number of thiophene rings is 1. The number of ketones is 2. The summed E-state index contributed by atoms with van der Waals surface area (Å²) in [4.78, 5) is 26.5. The fraction of sp³-hybridized carbons (Fsp3) is 0.0526. The summed E-state index contributed by atoms with van der Waals surface area (Å²) in [5.74, 6) is -0.171. The maximum Gasteiger partial charge on any atom is 0.210 e. The number of carbonyl (C=O) groups is 2. The summed E-state index contributed by atoms with van der Waals surface area (Å²) in [6.07, 6.45) is 3.93. The first kappa shape index (κ1) is 13.9. The molecule has 0 N–H and O–H groups in total. The highest BCUT2D eigenvalue weighted by molar-refractivity contribution is 7.10. The smallest absolute Gasteiger partial charge is 0.210 e. The van der Waals surface area contributed by atoms with Crippen LogP contribution in [0.5, 0.6) is 0 Å². The van der Waals surface area contributed by atoms with E-state index < -0.39 is 0 Å². The average Bonchev–Trinajstić information content (AvgIpc) is 3.19. The topological polar surface area (TPSA) is 39.1 Å². The van der Waals surface area contributed by atoms with Crippen molar-refractivity contribution in [3.63, 3.8) is 0 Å². The van der Waals surface area contributed by atoms with Crippen LogP contribution in [0.25, 0.3) is 12.2 Å². The number of hydrogen-bond acceptors (Lipinski definition) is 3. The van der Waals surface area contributed by atoms with Crippen LogP contribution in [-0.4, -0.2) is 16.1 Å². The fourth-order valence-electron chi connectivity index (χ4n) is 2.94. The van der Waals surface area contributed by atoms with E-state index in [-0.39, 0.29) is 11.6 Å². The summed E-state index contributed by atoms with van der Waals surface area (Å²) < 4.78 is 1.80. The first-order chi connectivity index (χ1) is 11.2. The molecule has 1 aliphatic rings. The second-order valence-electron chi connectivity index (χ2n) is 5.44. The molecule has 4 heteroatoms. The molecule has 2 aromatic heterocycles. The van der Waals surface area contributed by atoms with Gasteiger partial charge in [0.1, 0.15) is 5.69 Å². The predicted molar refractivity (Wildman–Crippen MR) is 92.0 cm³/mol. The molecule has 0 fully saturated rings. The van der Waals surface area contributed by atoms with Gasteiger partial charge >= 0.3 is 0 Å². The Labute approximate surface area is 137 Å². The highest BCUT2D eigenvalue weighted by Gasteiger charge is 2.32. The third-order valence-electron chi connectivity index (χ3n) is 4.11. The van der Waals surface area contributed by atoms with Crippen LogP contribution in [0.2, 0.25) is 0 Å². The Balaban J connectivity index is 1.83. The standard InChI is InChI=1S/C19H13NO2S/c1-20-12(8-9-13-5-4-10-23-13)11-16-17(20)19(22)15-7-3-2-6-14(15)18(16)21/h2-11H,1H3. The molecule has 0 saturated carbocycles. The van der Waals surface area contributed by atoms with Crippen LogP contribution >= 0.6 is 11.3 Å². The molecule has 0 atom stereocenters. The molecule has 2 heterocycles. The minimum atomic E-state index is -0.0894. The maximum atomic E-state index is 12.7. The normalized spacial score (nSPS) is 13.4. The summed E-state index contributed by atoms with van der Waals surface area (Å²) in [5, 5.41) is 2.01. The van der Waals surface area contributed by atoms with Crippen molar-refractivity contribution < 1.29 is 9.59 Å². The lowest BCUT2D eigenvalue weighted by molar-refractivity contribution is 0.0974. The largest absolute Gasteiger partial charge is 0.341 e. The Morgan fingerprint density at radius 3 is 2.35 bits per heavy atom. The lowest BCUT2D eigenvalue weighted by Gasteiger charge is -2.15. The number of benzene rings is 1. The van der Waals surface area contributed by atoms with Gasteiger partial charge in [0, 0.05) is 28.7 Å². The fourth-order valence-corrected chi connectivity index (χ4v) is 3.55. The van der Waals surface area contributed by atoms with Gasteiger partial charge in [-0.3, -0.25) is 9.59 Å². The lowest BCUT2D eigenvalue weighted by atomic mass is 9.88. The molecule has 0 aliphatic heterocycles. The van der Waals surface area contributed by atoms with Gasteiger partial charge in [0.05, 0.1) is 5.56 Å². The summed E-state index contributed by atoms with van der Waals surface area (Å²) >= 11 is 1.64. The Morgan fingerprint density at radius 1 is 0.913 bits per heavy atom. The molecular formula is C19H13NO2S. The van der Waals surface area contributed by atoms with Gasteiger partial charge in [-0.1, -0.05) is 30.3 Å². The van der Waals surface area contributed by atoms with Gasteiger partial charge in [0.15, 0.2) is 5.78 Å². The quantitative estimate of drug-likeness (QED) is 0.559. The third kappa shape index (κ3) is 2.11. The van der Waals surface area contributed by atoms with Crippen LogP contribution in [0.15, 0.2) is 47.8 Å². The number of rotatable bonds is 2. The Morgan fingerprint density at radius 2 is 1.65 bits per heavy atom. The van der Waals surface area contributed by atoms with Crippen molar-refractivity contribution in [1.29, 1.82) is 0 Å². The zero-order chi connectivity index (χ0) is 16.0. The molecule has 0 bridgehead atoms. The highest BCUT2D eigenvalue weighted by atomic mass is 32.1. The molecule has 0 saturated heterocycles. The maximum absolute atomic E-state index is 12.7. The van der Waals surface area contributed by atoms with Crippen molar-refractivity contribution in [1.82, 2.24) is 4.57 Å². The van der Waals surface area contributed by atoms with Gasteiger partial charge in [0.2, 0.25) is 5.78 Å². The van der Waals surface area contributed by atoms with Crippen LogP contribution in [0, 0.1) is 0 Å². The van der Waals surface area contributed by atoms with Crippen molar-refractivity contribution in [2.45, 2.75) is 0 Å². The van der Waals surface area contributed by atoms with Crippen molar-refractivity contribution in [2.24, 2.45) is 7.05 Å². The average molecular weight is 319 g/mol. The number of fused-ring (bicyclic) bond motifs is 2. The molecule has 0 unspecified atom stereocenters. The SMILES string of the molecule is Cn1c(C=Cc2cccs2)cc2c1C(=O)c1ccccc1C2=O. The third-order valence-corrected chi connectivity index (χ3v) is 4.95. The summed E-state index contributed by atoms with van der Waals surface area (Å²) in [6, 6.07) is 12.8. The Hall–Kier alpha value is -2.72. The zero-order valence-corrected chi connectivity index (χ0v) is 13.3. The van der Waals surface area contributed by atoms with Gasteiger partial charge < -0.3 is 4.57 Å². The van der Waals surface area contributed by atoms with Crippen molar-refractivity contribution in [3.8, 4) is 0 Å². The van der Waals surface area contributed by atoms with E-state index in [1.807, 2.05) is 36.7 Å². The molecule has 1 aliphatic carbocycles. The molecule has 112 valence electrons. The number of carbonyl (C=O) groups excluding carboxylic acids is 2. The summed E-state index contributed by atoms with van der Waals surface area (Å²) in [5.41, 5.74) is 2.78. The molecule has 4 rings (SSSR count). The Bertz CT molecular complexity index is 961. The van der Waals surface area contributed by atoms with Crippen LogP contribution in [0.1, 0.15) is 42.5 Å². The van der Waals surface area contributed by atoms with Crippen LogP contribution < -0.4 is 0 Å². The monoisotopic (exact) mass is 319 g/mol. The number of hydrogen-bond donors (Lipinski definition) is 0. The van der Waals surface area contributed by atoms with Gasteiger partial charge in [-0.15, -0.1) is 11.3 Å². The molecule has 3 aromatic rings. The molecule has 0 spiro atoms. The van der Waals surface area contributed by atoms with Crippen LogP contribution in [0.4, 0.5) is 0 Å². The highest BCUT2D eigenvalue weighted by Crippen LogP contribution is 2.30. The van der Waals surface area contributed by atoms with E-state index in [0.29, 0.717) is 22.4 Å². The zero-order valence-electron chi connectivity index (χ0n) is 12.4. The van der Waals surface area contributed by atoms with E-state index in [1.54, 1.807) is 46.2 Å². The molecule has 0 amide bonds. The molecule has 23 heavy (non-hydrogen) atoms. The van der Waals surface area contributed by atoms with Crippen molar-refractivity contribution in [3.05, 3.63) is 80.8 Å². The first-order valence-corrected chi connectivity index (χ1v) is 8.14. The molecule has 0 radical (unpaired) electrons. The number of aromatic nitrogens is 1. The van der Waals surface area contributed by atoms with E-state index >= 15 is 0 Å². The molecular weight excluding hydrogens is 306 g/mol. The van der Waals surface area contributed by atoms with Gasteiger partial charge in [0.25, 0.3) is 0 Å². The van der Waals surface area contributed by atoms with Crippen molar-refractivity contribution in [2.75, 3.05) is 0 Å². The Kier molecular flexibility index (Phi) is 3.13. The van der Waals surface area contributed by atoms with E-state index in [9.17, 15) is 9.59 Å². The molecule has 3 nitrogen and oxygen atoms in total. The van der Waals surface area contributed by atoms with E-state index in [2.05, 4.69) is 0 Å². The summed E-state index contributed by atoms with van der Waals surface area (Å²) in [6.45, 7) is 0. The van der Waals surface area contributed by atoms with E-state index in [4.69, 9.17) is 0 Å². The summed E-state index contributed by atoms with van der Waals surface area (Å²) in [7, 11) is 1.83. The number of nitrogens with zero attached hydrogens (tertiary/aromatic N) is 1. The second kappa shape index (κ2) is 5.18. The van der Waals surface area contributed by atoms with Gasteiger partial charge in [-0.25, -0.2) is 0 Å². The minimum absolute atomic E-state index is 0.0819. The van der Waals surface area contributed by atoms with E-state index in [1.165, 1.54) is 0 Å². The van der Waals surface area contributed by atoms with Crippen LogP contribution in [-0.2, 0) is 7.05 Å². The molecule has 1 aromatic carbocycles.